The zero-order valence-electron chi connectivity index (χ0n) is 12.2. The lowest BCUT2D eigenvalue weighted by molar-refractivity contribution is 0.528. The summed E-state index contributed by atoms with van der Waals surface area (Å²) in [4.78, 5) is 0. The third-order valence-corrected chi connectivity index (χ3v) is 3.63. The summed E-state index contributed by atoms with van der Waals surface area (Å²) in [5.74, 6) is -0.111. The first-order valence-corrected chi connectivity index (χ1v) is 7.18. The summed E-state index contributed by atoms with van der Waals surface area (Å²) < 4.78 is 13.6. The highest BCUT2D eigenvalue weighted by atomic mass is 19.1. The van der Waals surface area contributed by atoms with Gasteiger partial charge in [-0.3, -0.25) is 0 Å². The minimum atomic E-state index is -0.111. The average Bonchev–Trinajstić information content (AvgIpc) is 2.43. The van der Waals surface area contributed by atoms with Crippen LogP contribution in [-0.4, -0.2) is 12.6 Å². The third kappa shape index (κ3) is 4.17. The summed E-state index contributed by atoms with van der Waals surface area (Å²) in [6.07, 6.45) is 1.73. The second-order valence-corrected chi connectivity index (χ2v) is 5.33. The molecule has 2 rings (SSSR count). The van der Waals surface area contributed by atoms with Gasteiger partial charge in [0, 0.05) is 6.04 Å². The monoisotopic (exact) mass is 271 g/mol. The second kappa shape index (κ2) is 7.20. The smallest absolute Gasteiger partial charge is 0.126 e. The molecule has 0 spiro atoms. The van der Waals surface area contributed by atoms with Crippen LogP contribution < -0.4 is 5.32 Å². The molecule has 0 saturated carbocycles. The van der Waals surface area contributed by atoms with E-state index in [4.69, 9.17) is 0 Å². The Morgan fingerprint density at radius 2 is 1.65 bits per heavy atom. The molecular weight excluding hydrogens is 249 g/mol. The Kier molecular flexibility index (Phi) is 5.31. The lowest BCUT2D eigenvalue weighted by Gasteiger charge is -2.15. The molecule has 0 aliphatic carbocycles. The minimum Gasteiger partial charge on any atom is -0.314 e. The van der Waals surface area contributed by atoms with Crippen LogP contribution in [0.1, 0.15) is 23.6 Å². The third-order valence-electron chi connectivity index (χ3n) is 3.63. The van der Waals surface area contributed by atoms with E-state index in [9.17, 15) is 4.39 Å². The van der Waals surface area contributed by atoms with Gasteiger partial charge in [0.2, 0.25) is 0 Å². The molecule has 2 aromatic carbocycles. The van der Waals surface area contributed by atoms with E-state index >= 15 is 0 Å². The first kappa shape index (κ1) is 14.7. The fourth-order valence-corrected chi connectivity index (χ4v) is 2.41. The molecule has 1 unspecified atom stereocenters. The Balaban J connectivity index is 1.80. The van der Waals surface area contributed by atoms with Crippen LogP contribution >= 0.6 is 0 Å². The SMILES string of the molecule is Cc1ccccc1CCNC(C)Cc1ccccc1F. The number of nitrogens with one attached hydrogen (secondary N) is 1. The highest BCUT2D eigenvalue weighted by Crippen LogP contribution is 2.10. The average molecular weight is 271 g/mol. The molecule has 0 heterocycles. The lowest BCUT2D eigenvalue weighted by Crippen LogP contribution is -2.30. The van der Waals surface area contributed by atoms with Crippen molar-refractivity contribution in [1.82, 2.24) is 5.32 Å². The predicted molar refractivity (Wildman–Crippen MR) is 82.5 cm³/mol. The molecule has 0 aromatic heterocycles. The van der Waals surface area contributed by atoms with Gasteiger partial charge in [-0.15, -0.1) is 0 Å². The van der Waals surface area contributed by atoms with E-state index in [1.807, 2.05) is 12.1 Å². The molecule has 20 heavy (non-hydrogen) atoms. The first-order valence-electron chi connectivity index (χ1n) is 7.18. The normalized spacial score (nSPS) is 12.3. The van der Waals surface area contributed by atoms with Crippen LogP contribution in [0.4, 0.5) is 4.39 Å². The molecule has 0 saturated heterocycles. The van der Waals surface area contributed by atoms with Crippen LogP contribution in [0.15, 0.2) is 48.5 Å². The van der Waals surface area contributed by atoms with Gasteiger partial charge in [0.1, 0.15) is 5.82 Å². The van der Waals surface area contributed by atoms with Gasteiger partial charge in [-0.1, -0.05) is 42.5 Å². The molecule has 0 fully saturated rings. The zero-order chi connectivity index (χ0) is 14.4. The van der Waals surface area contributed by atoms with Crippen molar-refractivity contribution in [2.75, 3.05) is 6.54 Å². The number of benzene rings is 2. The maximum absolute atomic E-state index is 13.6. The van der Waals surface area contributed by atoms with Crippen molar-refractivity contribution in [2.45, 2.75) is 32.7 Å². The van der Waals surface area contributed by atoms with Crippen molar-refractivity contribution in [2.24, 2.45) is 0 Å². The maximum atomic E-state index is 13.6. The van der Waals surface area contributed by atoms with Crippen LogP contribution in [0.2, 0.25) is 0 Å². The van der Waals surface area contributed by atoms with Crippen LogP contribution in [0, 0.1) is 12.7 Å². The standard InChI is InChI=1S/C18H22FN/c1-14-7-3-4-8-16(14)11-12-20-15(2)13-17-9-5-6-10-18(17)19/h3-10,15,20H,11-13H2,1-2H3. The van der Waals surface area contributed by atoms with E-state index in [0.717, 1.165) is 24.9 Å². The summed E-state index contributed by atoms with van der Waals surface area (Å²) in [6.45, 7) is 5.16. The van der Waals surface area contributed by atoms with E-state index < -0.39 is 0 Å². The van der Waals surface area contributed by atoms with E-state index in [1.165, 1.54) is 17.2 Å². The van der Waals surface area contributed by atoms with Crippen molar-refractivity contribution in [1.29, 1.82) is 0 Å². The van der Waals surface area contributed by atoms with Crippen LogP contribution in [0.25, 0.3) is 0 Å². The molecule has 0 aliphatic heterocycles. The number of hydrogen-bond acceptors (Lipinski definition) is 1. The fraction of sp³-hybridized carbons (Fsp3) is 0.333. The Hall–Kier alpha value is -1.67. The highest BCUT2D eigenvalue weighted by molar-refractivity contribution is 5.25. The highest BCUT2D eigenvalue weighted by Gasteiger charge is 2.07. The van der Waals surface area contributed by atoms with E-state index in [0.29, 0.717) is 0 Å². The molecule has 1 nitrogen and oxygen atoms in total. The molecule has 1 atom stereocenters. The summed E-state index contributed by atoms with van der Waals surface area (Å²) in [5, 5.41) is 3.47. The molecule has 1 N–H and O–H groups in total. The summed E-state index contributed by atoms with van der Waals surface area (Å²) in [5.41, 5.74) is 3.48. The quantitative estimate of drug-likeness (QED) is 0.840. The Morgan fingerprint density at radius 1 is 1.00 bits per heavy atom. The molecule has 0 aliphatic rings. The fourth-order valence-electron chi connectivity index (χ4n) is 2.41. The minimum absolute atomic E-state index is 0.111. The van der Waals surface area contributed by atoms with Gasteiger partial charge in [0.05, 0.1) is 0 Å². The van der Waals surface area contributed by atoms with Gasteiger partial charge in [0.25, 0.3) is 0 Å². The van der Waals surface area contributed by atoms with E-state index in [1.54, 1.807) is 6.07 Å². The summed E-state index contributed by atoms with van der Waals surface area (Å²) in [7, 11) is 0. The second-order valence-electron chi connectivity index (χ2n) is 5.33. The maximum Gasteiger partial charge on any atom is 0.126 e. The van der Waals surface area contributed by atoms with Crippen molar-refractivity contribution in [3.05, 3.63) is 71.0 Å². The Bertz CT molecular complexity index is 551. The Morgan fingerprint density at radius 3 is 2.35 bits per heavy atom. The molecule has 2 aromatic rings. The van der Waals surface area contributed by atoms with Crippen LogP contribution in [0.3, 0.4) is 0 Å². The number of halogens is 1. The molecule has 0 radical (unpaired) electrons. The van der Waals surface area contributed by atoms with Crippen molar-refractivity contribution in [3.63, 3.8) is 0 Å². The van der Waals surface area contributed by atoms with Gasteiger partial charge >= 0.3 is 0 Å². The zero-order valence-corrected chi connectivity index (χ0v) is 12.2. The van der Waals surface area contributed by atoms with Gasteiger partial charge < -0.3 is 5.32 Å². The van der Waals surface area contributed by atoms with Crippen LogP contribution in [0.5, 0.6) is 0 Å². The molecule has 106 valence electrons. The van der Waals surface area contributed by atoms with Gasteiger partial charge in [0.15, 0.2) is 0 Å². The van der Waals surface area contributed by atoms with Crippen molar-refractivity contribution < 1.29 is 4.39 Å². The largest absolute Gasteiger partial charge is 0.314 e. The molecule has 0 bridgehead atoms. The number of rotatable bonds is 6. The first-order chi connectivity index (χ1) is 9.66. The molecule has 2 heteroatoms. The Labute approximate surface area is 120 Å². The topological polar surface area (TPSA) is 12.0 Å². The summed E-state index contributed by atoms with van der Waals surface area (Å²) in [6, 6.07) is 15.7. The van der Waals surface area contributed by atoms with E-state index in [-0.39, 0.29) is 11.9 Å². The number of aryl methyl sites for hydroxylation is 1. The van der Waals surface area contributed by atoms with Crippen molar-refractivity contribution in [3.8, 4) is 0 Å². The molecular formula is C18H22FN. The van der Waals surface area contributed by atoms with Crippen molar-refractivity contribution >= 4 is 0 Å². The van der Waals surface area contributed by atoms with Gasteiger partial charge in [-0.05, 0) is 56.0 Å². The van der Waals surface area contributed by atoms with E-state index in [2.05, 4.69) is 43.4 Å². The molecule has 0 amide bonds. The summed E-state index contributed by atoms with van der Waals surface area (Å²) >= 11 is 0. The predicted octanol–water partition coefficient (Wildman–Crippen LogP) is 3.90. The number of hydrogen-bond donors (Lipinski definition) is 1. The van der Waals surface area contributed by atoms with Gasteiger partial charge in [-0.2, -0.15) is 0 Å². The lowest BCUT2D eigenvalue weighted by atomic mass is 10.0. The van der Waals surface area contributed by atoms with Crippen LogP contribution in [-0.2, 0) is 12.8 Å². The van der Waals surface area contributed by atoms with Gasteiger partial charge in [-0.25, -0.2) is 4.39 Å².